The number of carbonyl (C=O) groups is 4. The third kappa shape index (κ3) is 4.56. The van der Waals surface area contributed by atoms with E-state index in [1.165, 1.54) is 44.4 Å². The van der Waals surface area contributed by atoms with Crippen molar-refractivity contribution in [3.63, 3.8) is 0 Å². The number of carbonyl (C=O) groups excluding carboxylic acids is 4. The summed E-state index contributed by atoms with van der Waals surface area (Å²) < 4.78 is 14.8. The van der Waals surface area contributed by atoms with E-state index in [-0.39, 0.29) is 35.7 Å². The number of methoxy groups -OCH3 is 3. The number of ether oxygens (including phenoxy) is 3. The lowest BCUT2D eigenvalue weighted by Crippen LogP contribution is -2.29. The van der Waals surface area contributed by atoms with Gasteiger partial charge in [0.25, 0.3) is 0 Å². The Morgan fingerprint density at radius 2 is 1.72 bits per heavy atom. The van der Waals surface area contributed by atoms with Crippen LogP contribution in [0.15, 0.2) is 36.4 Å². The fraction of sp³-hybridized carbons (Fsp3) is 0.304. The lowest BCUT2D eigenvalue weighted by atomic mass is 10.1. The van der Waals surface area contributed by atoms with Crippen molar-refractivity contribution >= 4 is 35.1 Å². The van der Waals surface area contributed by atoms with Crippen molar-refractivity contribution in [1.82, 2.24) is 0 Å². The van der Waals surface area contributed by atoms with Gasteiger partial charge >= 0.3 is 11.9 Å². The van der Waals surface area contributed by atoms with Gasteiger partial charge in [-0.15, -0.1) is 0 Å². The Hall–Kier alpha value is -3.88. The van der Waals surface area contributed by atoms with Gasteiger partial charge in [-0.05, 0) is 42.8 Å². The van der Waals surface area contributed by atoms with Crippen LogP contribution >= 0.6 is 0 Å². The number of esters is 2. The van der Waals surface area contributed by atoms with Crippen molar-refractivity contribution in [2.75, 3.05) is 38.1 Å². The second kappa shape index (κ2) is 9.51. The van der Waals surface area contributed by atoms with E-state index in [2.05, 4.69) is 5.32 Å². The number of hydrogen-bond donors (Lipinski definition) is 1. The molecule has 0 aliphatic carbocycles. The molecule has 1 N–H and O–H groups in total. The van der Waals surface area contributed by atoms with E-state index in [1.54, 1.807) is 6.07 Å². The van der Waals surface area contributed by atoms with Crippen LogP contribution in [0.3, 0.4) is 0 Å². The first-order valence-corrected chi connectivity index (χ1v) is 9.85. The molecular weight excluding hydrogens is 416 g/mol. The molecule has 0 aromatic heterocycles. The molecule has 2 aromatic carbocycles. The van der Waals surface area contributed by atoms with Crippen LogP contribution in [0.4, 0.5) is 11.4 Å². The molecule has 2 amide bonds. The number of amides is 2. The van der Waals surface area contributed by atoms with Crippen molar-refractivity contribution in [3.8, 4) is 5.75 Å². The predicted molar refractivity (Wildman–Crippen MR) is 116 cm³/mol. The van der Waals surface area contributed by atoms with E-state index in [4.69, 9.17) is 14.2 Å². The maximum absolute atomic E-state index is 13.0. The lowest BCUT2D eigenvalue weighted by molar-refractivity contribution is -0.122. The zero-order valence-corrected chi connectivity index (χ0v) is 18.3. The first-order chi connectivity index (χ1) is 15.3. The molecular formula is C23H24N2O7. The van der Waals surface area contributed by atoms with Crippen LogP contribution in [-0.4, -0.2) is 51.6 Å². The van der Waals surface area contributed by atoms with Crippen molar-refractivity contribution < 1.29 is 33.4 Å². The van der Waals surface area contributed by atoms with Crippen LogP contribution in [0.5, 0.6) is 5.75 Å². The van der Waals surface area contributed by atoms with Crippen molar-refractivity contribution in [2.24, 2.45) is 5.92 Å². The third-order valence-electron chi connectivity index (χ3n) is 5.22. The van der Waals surface area contributed by atoms with Gasteiger partial charge in [0.1, 0.15) is 5.75 Å². The summed E-state index contributed by atoms with van der Waals surface area (Å²) in [6.07, 6.45) is -0.00677. The normalized spacial score (nSPS) is 15.3. The molecule has 1 heterocycles. The summed E-state index contributed by atoms with van der Waals surface area (Å²) in [6, 6.07) is 9.58. The Bertz CT molecular complexity index is 1080. The SMILES string of the molecule is COC(=O)c1ccc(C(=O)OC)c(NC(=O)C2CC(=O)N(c3cc(C)ccc3OC)C2)c1. The van der Waals surface area contributed by atoms with E-state index < -0.39 is 23.8 Å². The predicted octanol–water partition coefficient (Wildman–Crippen LogP) is 2.57. The Morgan fingerprint density at radius 3 is 2.38 bits per heavy atom. The zero-order chi connectivity index (χ0) is 23.4. The monoisotopic (exact) mass is 440 g/mol. The van der Waals surface area contributed by atoms with Crippen molar-refractivity contribution in [3.05, 3.63) is 53.1 Å². The minimum Gasteiger partial charge on any atom is -0.495 e. The maximum Gasteiger partial charge on any atom is 0.339 e. The lowest BCUT2D eigenvalue weighted by Gasteiger charge is -2.20. The Kier molecular flexibility index (Phi) is 6.77. The molecule has 0 saturated carbocycles. The highest BCUT2D eigenvalue weighted by Crippen LogP contribution is 2.34. The number of rotatable bonds is 6. The van der Waals surface area contributed by atoms with E-state index >= 15 is 0 Å². The first kappa shape index (κ1) is 22.8. The molecule has 0 radical (unpaired) electrons. The maximum atomic E-state index is 13.0. The van der Waals surface area contributed by atoms with Gasteiger partial charge in [0.2, 0.25) is 11.8 Å². The standard InChI is InChI=1S/C23H24N2O7/c1-13-5-8-19(30-2)18(9-13)25-12-15(11-20(25)26)21(27)24-17-10-14(22(28)31-3)6-7-16(17)23(29)32-4/h5-10,15H,11-12H2,1-4H3,(H,24,27). The second-order valence-electron chi connectivity index (χ2n) is 7.31. The average Bonchev–Trinajstić information content (AvgIpc) is 3.19. The fourth-order valence-electron chi connectivity index (χ4n) is 3.54. The summed E-state index contributed by atoms with van der Waals surface area (Å²) in [6.45, 7) is 2.05. The van der Waals surface area contributed by atoms with Crippen LogP contribution < -0.4 is 15.0 Å². The van der Waals surface area contributed by atoms with Gasteiger partial charge < -0.3 is 24.4 Å². The highest BCUT2D eigenvalue weighted by atomic mass is 16.5. The van der Waals surface area contributed by atoms with E-state index in [9.17, 15) is 19.2 Å². The number of hydrogen-bond acceptors (Lipinski definition) is 7. The third-order valence-corrected chi connectivity index (χ3v) is 5.22. The van der Waals surface area contributed by atoms with Crippen LogP contribution in [0, 0.1) is 12.8 Å². The number of nitrogens with zero attached hydrogens (tertiary/aromatic N) is 1. The molecule has 1 atom stereocenters. The fourth-order valence-corrected chi connectivity index (χ4v) is 3.54. The van der Waals surface area contributed by atoms with Gasteiger partial charge in [0.15, 0.2) is 0 Å². The molecule has 168 valence electrons. The Balaban J connectivity index is 1.85. The van der Waals surface area contributed by atoms with Gasteiger partial charge in [0, 0.05) is 13.0 Å². The molecule has 1 saturated heterocycles. The smallest absolute Gasteiger partial charge is 0.339 e. The molecule has 1 aliphatic rings. The Morgan fingerprint density at radius 1 is 1.00 bits per heavy atom. The zero-order valence-electron chi connectivity index (χ0n) is 18.3. The average molecular weight is 440 g/mol. The van der Waals surface area contributed by atoms with Gasteiger partial charge in [0.05, 0.1) is 49.7 Å². The van der Waals surface area contributed by atoms with Crippen LogP contribution in [0.1, 0.15) is 32.7 Å². The first-order valence-electron chi connectivity index (χ1n) is 9.85. The Labute approximate surface area is 185 Å². The van der Waals surface area contributed by atoms with Crippen LogP contribution in [-0.2, 0) is 19.1 Å². The number of aryl methyl sites for hydroxylation is 1. The summed E-state index contributed by atoms with van der Waals surface area (Å²) in [5.74, 6) is -2.11. The minimum atomic E-state index is -0.676. The van der Waals surface area contributed by atoms with Gasteiger partial charge in [-0.25, -0.2) is 9.59 Å². The molecule has 1 unspecified atom stereocenters. The van der Waals surface area contributed by atoms with E-state index in [1.807, 2.05) is 19.1 Å². The van der Waals surface area contributed by atoms with Crippen molar-refractivity contribution in [2.45, 2.75) is 13.3 Å². The highest BCUT2D eigenvalue weighted by molar-refractivity contribution is 6.07. The molecule has 1 aliphatic heterocycles. The van der Waals surface area contributed by atoms with Gasteiger partial charge in [-0.2, -0.15) is 0 Å². The number of anilines is 2. The van der Waals surface area contributed by atoms with Crippen LogP contribution in [0.2, 0.25) is 0 Å². The highest BCUT2D eigenvalue weighted by Gasteiger charge is 2.36. The summed E-state index contributed by atoms with van der Waals surface area (Å²) in [4.78, 5) is 51.2. The molecule has 9 heteroatoms. The molecule has 32 heavy (non-hydrogen) atoms. The molecule has 0 spiro atoms. The summed E-state index contributed by atoms with van der Waals surface area (Å²) in [7, 11) is 3.96. The molecule has 0 bridgehead atoms. The quantitative estimate of drug-likeness (QED) is 0.687. The van der Waals surface area contributed by atoms with E-state index in [0.29, 0.717) is 11.4 Å². The molecule has 2 aromatic rings. The number of nitrogens with one attached hydrogen (secondary N) is 1. The molecule has 1 fully saturated rings. The second-order valence-corrected chi connectivity index (χ2v) is 7.31. The van der Waals surface area contributed by atoms with Gasteiger partial charge in [-0.1, -0.05) is 6.07 Å². The summed E-state index contributed by atoms with van der Waals surface area (Å²) in [5, 5.41) is 2.66. The minimum absolute atomic E-state index is 0.00677. The summed E-state index contributed by atoms with van der Waals surface area (Å²) >= 11 is 0. The number of benzene rings is 2. The largest absolute Gasteiger partial charge is 0.495 e. The molecule has 3 rings (SSSR count). The van der Waals surface area contributed by atoms with Crippen LogP contribution in [0.25, 0.3) is 0 Å². The van der Waals surface area contributed by atoms with E-state index in [0.717, 1.165) is 5.56 Å². The molecule has 9 nitrogen and oxygen atoms in total. The van der Waals surface area contributed by atoms with Crippen molar-refractivity contribution in [1.29, 1.82) is 0 Å². The summed E-state index contributed by atoms with van der Waals surface area (Å²) in [5.41, 5.74) is 1.88. The van der Waals surface area contributed by atoms with Gasteiger partial charge in [-0.3, -0.25) is 9.59 Å². The topological polar surface area (TPSA) is 111 Å².